The average molecular weight is 347 g/mol. The van der Waals surface area contributed by atoms with Gasteiger partial charge in [-0.2, -0.15) is 0 Å². The summed E-state index contributed by atoms with van der Waals surface area (Å²) in [5, 5.41) is 6.80. The van der Waals surface area contributed by atoms with Crippen LogP contribution in [0.4, 0.5) is 0 Å². The first kappa shape index (κ1) is 22.0. The van der Waals surface area contributed by atoms with Crippen molar-refractivity contribution in [3.8, 4) is 5.75 Å². The van der Waals surface area contributed by atoms with Crippen LogP contribution in [0.1, 0.15) is 11.6 Å². The van der Waals surface area contributed by atoms with E-state index in [0.717, 1.165) is 30.9 Å². The Bertz CT molecular complexity index is 352. The molecule has 0 spiro atoms. The van der Waals surface area contributed by atoms with Crippen LogP contribution in [0.5, 0.6) is 5.75 Å². The Labute approximate surface area is 138 Å². The van der Waals surface area contributed by atoms with Crippen LogP contribution in [0, 0.1) is 0 Å². The van der Waals surface area contributed by atoms with Crippen LogP contribution in [0.25, 0.3) is 0 Å². The van der Waals surface area contributed by atoms with E-state index in [-0.39, 0.29) is 37.2 Å². The summed E-state index contributed by atoms with van der Waals surface area (Å²) in [5.74, 6) is 0.798. The van der Waals surface area contributed by atoms with Crippen molar-refractivity contribution in [3.63, 3.8) is 0 Å². The highest BCUT2D eigenvalue weighted by molar-refractivity contribution is 5.86. The zero-order valence-electron chi connectivity index (χ0n) is 11.3. The third kappa shape index (κ3) is 6.92. The third-order valence-corrected chi connectivity index (χ3v) is 2.73. The molecule has 1 aromatic heterocycles. The highest BCUT2D eigenvalue weighted by Crippen LogP contribution is 2.18. The van der Waals surface area contributed by atoms with Crippen LogP contribution in [0.2, 0.25) is 0 Å². The number of hydrogen-bond donors (Lipinski definition) is 2. The number of methoxy groups -OCH3 is 1. The zero-order valence-corrected chi connectivity index (χ0v) is 13.8. The summed E-state index contributed by atoms with van der Waals surface area (Å²) in [6, 6.07) is 2.36. The number of halogens is 3. The lowest BCUT2D eigenvalue weighted by Crippen LogP contribution is -2.42. The average Bonchev–Trinajstić information content (AvgIpc) is 2.41. The van der Waals surface area contributed by atoms with Gasteiger partial charge < -0.3 is 20.1 Å². The molecule has 0 radical (unpaired) electrons. The molecule has 1 aliphatic rings. The summed E-state index contributed by atoms with van der Waals surface area (Å²) in [4.78, 5) is 4.20. The predicted molar refractivity (Wildman–Crippen MR) is 87.0 cm³/mol. The molecule has 2 rings (SSSR count). The standard InChI is InChI=1S/C12H19N3O2.3ClH/c1-16-4-5-17-11-6-10(7-14-8-11)12-9-13-2-3-15-12;;;/h6-8,12-13,15H,2-5,9H2,1H3;3*1H. The Morgan fingerprint density at radius 1 is 1.20 bits per heavy atom. The molecule has 2 heterocycles. The van der Waals surface area contributed by atoms with Crippen LogP contribution in [-0.2, 0) is 4.74 Å². The molecular formula is C12H22Cl3N3O2. The fourth-order valence-corrected chi connectivity index (χ4v) is 1.84. The second kappa shape index (κ2) is 12.4. The fraction of sp³-hybridized carbons (Fsp3) is 0.583. The molecule has 0 aliphatic carbocycles. The molecule has 0 aromatic carbocycles. The summed E-state index contributed by atoms with van der Waals surface area (Å²) in [7, 11) is 1.66. The van der Waals surface area contributed by atoms with Crippen LogP contribution in [0.3, 0.4) is 0 Å². The van der Waals surface area contributed by atoms with Crippen LogP contribution in [0.15, 0.2) is 18.5 Å². The molecule has 1 saturated heterocycles. The molecule has 1 atom stereocenters. The van der Waals surface area contributed by atoms with Crippen molar-refractivity contribution in [3.05, 3.63) is 24.0 Å². The summed E-state index contributed by atoms with van der Waals surface area (Å²) in [5.41, 5.74) is 1.16. The molecular weight excluding hydrogens is 325 g/mol. The van der Waals surface area contributed by atoms with Gasteiger partial charge in [0.05, 0.1) is 12.8 Å². The maximum Gasteiger partial charge on any atom is 0.138 e. The second-order valence-corrected chi connectivity index (χ2v) is 4.01. The van der Waals surface area contributed by atoms with E-state index in [4.69, 9.17) is 9.47 Å². The van der Waals surface area contributed by atoms with Gasteiger partial charge in [-0.05, 0) is 11.6 Å². The highest BCUT2D eigenvalue weighted by atomic mass is 35.5. The summed E-state index contributed by atoms with van der Waals surface area (Å²) in [6.45, 7) is 4.09. The number of hydrogen-bond acceptors (Lipinski definition) is 5. The number of nitrogens with zero attached hydrogens (tertiary/aromatic N) is 1. The fourth-order valence-electron chi connectivity index (χ4n) is 1.84. The van der Waals surface area contributed by atoms with Crippen LogP contribution >= 0.6 is 37.2 Å². The van der Waals surface area contributed by atoms with E-state index in [9.17, 15) is 0 Å². The van der Waals surface area contributed by atoms with E-state index in [1.54, 1.807) is 13.3 Å². The van der Waals surface area contributed by atoms with Crippen molar-refractivity contribution in [2.45, 2.75) is 6.04 Å². The van der Waals surface area contributed by atoms with Gasteiger partial charge in [0.2, 0.25) is 0 Å². The summed E-state index contributed by atoms with van der Waals surface area (Å²) >= 11 is 0. The van der Waals surface area contributed by atoms with Gasteiger partial charge in [-0.3, -0.25) is 4.98 Å². The predicted octanol–water partition coefficient (Wildman–Crippen LogP) is 1.61. The topological polar surface area (TPSA) is 55.4 Å². The first-order valence-corrected chi connectivity index (χ1v) is 5.91. The van der Waals surface area contributed by atoms with Gasteiger partial charge >= 0.3 is 0 Å². The van der Waals surface area contributed by atoms with Gasteiger partial charge in [0.25, 0.3) is 0 Å². The SMILES string of the molecule is COCCOc1cncc(C2CNCCN2)c1.Cl.Cl.Cl. The molecule has 1 aliphatic heterocycles. The van der Waals surface area contributed by atoms with E-state index in [1.807, 2.05) is 12.3 Å². The zero-order chi connectivity index (χ0) is 11.9. The molecule has 1 fully saturated rings. The van der Waals surface area contributed by atoms with Crippen molar-refractivity contribution in [1.29, 1.82) is 0 Å². The molecule has 1 aromatic rings. The van der Waals surface area contributed by atoms with Gasteiger partial charge in [0.1, 0.15) is 12.4 Å². The molecule has 0 saturated carbocycles. The molecule has 2 N–H and O–H groups in total. The first-order valence-electron chi connectivity index (χ1n) is 5.91. The minimum absolute atomic E-state index is 0. The molecule has 118 valence electrons. The number of aromatic nitrogens is 1. The Balaban J connectivity index is 0. The van der Waals surface area contributed by atoms with Crippen LogP contribution in [-0.4, -0.2) is 44.9 Å². The molecule has 20 heavy (non-hydrogen) atoms. The normalized spacial score (nSPS) is 17.1. The van der Waals surface area contributed by atoms with E-state index in [1.165, 1.54) is 0 Å². The quantitative estimate of drug-likeness (QED) is 0.793. The molecule has 8 heteroatoms. The van der Waals surface area contributed by atoms with Gasteiger partial charge in [0, 0.05) is 39.0 Å². The van der Waals surface area contributed by atoms with Crippen molar-refractivity contribution >= 4 is 37.2 Å². The lowest BCUT2D eigenvalue weighted by molar-refractivity contribution is 0.146. The Morgan fingerprint density at radius 2 is 2.00 bits per heavy atom. The van der Waals surface area contributed by atoms with E-state index < -0.39 is 0 Å². The maximum atomic E-state index is 5.54. The molecule has 0 bridgehead atoms. The summed E-state index contributed by atoms with van der Waals surface area (Å²) < 4.78 is 10.5. The van der Waals surface area contributed by atoms with Crippen molar-refractivity contribution in [2.75, 3.05) is 40.0 Å². The Morgan fingerprint density at radius 3 is 2.65 bits per heavy atom. The Hall–Kier alpha value is -0.300. The second-order valence-electron chi connectivity index (χ2n) is 4.01. The monoisotopic (exact) mass is 345 g/mol. The number of rotatable bonds is 5. The van der Waals surface area contributed by atoms with Gasteiger partial charge in [-0.1, -0.05) is 0 Å². The van der Waals surface area contributed by atoms with Crippen LogP contribution < -0.4 is 15.4 Å². The number of nitrogens with one attached hydrogen (secondary N) is 2. The lowest BCUT2D eigenvalue weighted by Gasteiger charge is -2.24. The lowest BCUT2D eigenvalue weighted by atomic mass is 10.1. The van der Waals surface area contributed by atoms with E-state index in [2.05, 4.69) is 15.6 Å². The number of ether oxygens (including phenoxy) is 2. The van der Waals surface area contributed by atoms with Gasteiger partial charge in [-0.25, -0.2) is 0 Å². The molecule has 0 amide bonds. The molecule has 1 unspecified atom stereocenters. The number of pyridine rings is 1. The summed E-state index contributed by atoms with van der Waals surface area (Å²) in [6.07, 6.45) is 3.61. The minimum Gasteiger partial charge on any atom is -0.490 e. The minimum atomic E-state index is 0. The van der Waals surface area contributed by atoms with E-state index in [0.29, 0.717) is 19.3 Å². The smallest absolute Gasteiger partial charge is 0.138 e. The van der Waals surface area contributed by atoms with Crippen molar-refractivity contribution < 1.29 is 9.47 Å². The highest BCUT2D eigenvalue weighted by Gasteiger charge is 2.14. The van der Waals surface area contributed by atoms with Gasteiger partial charge in [-0.15, -0.1) is 37.2 Å². The van der Waals surface area contributed by atoms with Crippen molar-refractivity contribution in [2.24, 2.45) is 0 Å². The maximum absolute atomic E-state index is 5.54. The van der Waals surface area contributed by atoms with Crippen molar-refractivity contribution in [1.82, 2.24) is 15.6 Å². The van der Waals surface area contributed by atoms with E-state index >= 15 is 0 Å². The molecule has 5 nitrogen and oxygen atoms in total. The number of piperazine rings is 1. The Kier molecular flexibility index (Phi) is 13.7. The third-order valence-electron chi connectivity index (χ3n) is 2.73. The first-order chi connectivity index (χ1) is 8.40. The van der Waals surface area contributed by atoms with Gasteiger partial charge in [0.15, 0.2) is 0 Å². The largest absolute Gasteiger partial charge is 0.490 e.